The van der Waals surface area contributed by atoms with E-state index in [0.29, 0.717) is 12.1 Å². The van der Waals surface area contributed by atoms with Gasteiger partial charge >= 0.3 is 0 Å². The van der Waals surface area contributed by atoms with Crippen LogP contribution in [0, 0.1) is 10.1 Å². The molecule has 0 fully saturated rings. The van der Waals surface area contributed by atoms with Gasteiger partial charge in [0.05, 0.1) is 4.92 Å². The SMILES string of the molecule is CNCc1ccc(C(=O)NC)cc1[N+](=O)[O-]. The van der Waals surface area contributed by atoms with Gasteiger partial charge in [-0.3, -0.25) is 14.9 Å². The van der Waals surface area contributed by atoms with Crippen molar-refractivity contribution < 1.29 is 9.72 Å². The molecule has 0 aliphatic carbocycles. The zero-order valence-corrected chi connectivity index (χ0v) is 9.11. The number of hydrogen-bond acceptors (Lipinski definition) is 4. The first-order valence-corrected chi connectivity index (χ1v) is 4.74. The maximum atomic E-state index is 11.3. The Hall–Kier alpha value is -1.95. The summed E-state index contributed by atoms with van der Waals surface area (Å²) in [4.78, 5) is 21.6. The number of nitrogens with zero attached hydrogens (tertiary/aromatic N) is 1. The average molecular weight is 223 g/mol. The highest BCUT2D eigenvalue weighted by Gasteiger charge is 2.16. The normalized spacial score (nSPS) is 9.88. The summed E-state index contributed by atoms with van der Waals surface area (Å²) < 4.78 is 0. The summed E-state index contributed by atoms with van der Waals surface area (Å²) in [5, 5.41) is 16.1. The molecule has 6 heteroatoms. The summed E-state index contributed by atoms with van der Waals surface area (Å²) in [6, 6.07) is 4.43. The van der Waals surface area contributed by atoms with E-state index in [2.05, 4.69) is 10.6 Å². The molecule has 0 aliphatic heterocycles. The van der Waals surface area contributed by atoms with Crippen LogP contribution in [0.3, 0.4) is 0 Å². The van der Waals surface area contributed by atoms with Crippen LogP contribution in [0.4, 0.5) is 5.69 Å². The number of benzene rings is 1. The zero-order valence-electron chi connectivity index (χ0n) is 9.11. The summed E-state index contributed by atoms with van der Waals surface area (Å²) in [5.41, 5.74) is 0.796. The molecule has 0 unspecified atom stereocenters. The Bertz CT molecular complexity index is 418. The van der Waals surface area contributed by atoms with E-state index in [1.54, 1.807) is 19.2 Å². The molecular weight excluding hydrogens is 210 g/mol. The molecule has 1 amide bonds. The molecule has 0 bridgehead atoms. The van der Waals surface area contributed by atoms with Crippen LogP contribution in [0.2, 0.25) is 0 Å². The summed E-state index contributed by atoms with van der Waals surface area (Å²) in [7, 11) is 3.19. The summed E-state index contributed by atoms with van der Waals surface area (Å²) in [5.74, 6) is -0.334. The lowest BCUT2D eigenvalue weighted by Gasteiger charge is -2.04. The van der Waals surface area contributed by atoms with Crippen molar-refractivity contribution in [2.24, 2.45) is 0 Å². The van der Waals surface area contributed by atoms with E-state index >= 15 is 0 Å². The van der Waals surface area contributed by atoms with E-state index in [0.717, 1.165) is 0 Å². The van der Waals surface area contributed by atoms with Gasteiger partial charge in [0.25, 0.3) is 11.6 Å². The summed E-state index contributed by atoms with van der Waals surface area (Å²) >= 11 is 0. The fourth-order valence-electron chi connectivity index (χ4n) is 1.36. The molecule has 0 saturated heterocycles. The molecule has 2 N–H and O–H groups in total. The number of hydrogen-bond donors (Lipinski definition) is 2. The van der Waals surface area contributed by atoms with Crippen LogP contribution in [0.15, 0.2) is 18.2 Å². The van der Waals surface area contributed by atoms with Crippen LogP contribution in [-0.4, -0.2) is 24.9 Å². The first-order chi connectivity index (χ1) is 7.60. The minimum atomic E-state index is -0.487. The average Bonchev–Trinajstić information content (AvgIpc) is 2.28. The van der Waals surface area contributed by atoms with Gasteiger partial charge in [-0.25, -0.2) is 0 Å². The number of nitrogens with one attached hydrogen (secondary N) is 2. The van der Waals surface area contributed by atoms with Crippen molar-refractivity contribution in [3.63, 3.8) is 0 Å². The highest BCUT2D eigenvalue weighted by atomic mass is 16.6. The Labute approximate surface area is 92.8 Å². The molecule has 0 atom stereocenters. The highest BCUT2D eigenvalue weighted by Crippen LogP contribution is 2.20. The summed E-state index contributed by atoms with van der Waals surface area (Å²) in [6.45, 7) is 0.393. The van der Waals surface area contributed by atoms with Crippen LogP contribution >= 0.6 is 0 Å². The molecule has 0 heterocycles. The number of carbonyl (C=O) groups excluding carboxylic acids is 1. The van der Waals surface area contributed by atoms with Gasteiger partial charge in [-0.15, -0.1) is 0 Å². The maximum Gasteiger partial charge on any atom is 0.274 e. The third-order valence-electron chi connectivity index (χ3n) is 2.14. The molecule has 0 radical (unpaired) electrons. The van der Waals surface area contributed by atoms with Crippen LogP contribution in [0.5, 0.6) is 0 Å². The molecule has 1 aromatic carbocycles. The van der Waals surface area contributed by atoms with Crippen molar-refractivity contribution in [2.75, 3.05) is 14.1 Å². The first kappa shape index (κ1) is 12.1. The second-order valence-electron chi connectivity index (χ2n) is 3.21. The second-order valence-corrected chi connectivity index (χ2v) is 3.21. The minimum absolute atomic E-state index is 0.0459. The van der Waals surface area contributed by atoms with Crippen LogP contribution in [-0.2, 0) is 6.54 Å². The molecular formula is C10H13N3O3. The lowest BCUT2D eigenvalue weighted by atomic mass is 10.1. The van der Waals surface area contributed by atoms with Gasteiger partial charge in [0, 0.05) is 30.8 Å². The predicted octanol–water partition coefficient (Wildman–Crippen LogP) is 0.674. The van der Waals surface area contributed by atoms with Crippen molar-refractivity contribution in [1.82, 2.24) is 10.6 Å². The van der Waals surface area contributed by atoms with E-state index in [4.69, 9.17) is 0 Å². The number of nitro groups is 1. The zero-order chi connectivity index (χ0) is 12.1. The largest absolute Gasteiger partial charge is 0.355 e. The molecule has 0 saturated carbocycles. The van der Waals surface area contributed by atoms with E-state index in [-0.39, 0.29) is 17.2 Å². The smallest absolute Gasteiger partial charge is 0.274 e. The van der Waals surface area contributed by atoms with Crippen LogP contribution in [0.1, 0.15) is 15.9 Å². The number of amides is 1. The molecule has 0 spiro atoms. The van der Waals surface area contributed by atoms with E-state index in [1.165, 1.54) is 13.1 Å². The van der Waals surface area contributed by atoms with Gasteiger partial charge in [0.1, 0.15) is 0 Å². The van der Waals surface area contributed by atoms with Crippen LogP contribution < -0.4 is 10.6 Å². The fraction of sp³-hybridized carbons (Fsp3) is 0.300. The van der Waals surface area contributed by atoms with Crippen LogP contribution in [0.25, 0.3) is 0 Å². The monoisotopic (exact) mass is 223 g/mol. The first-order valence-electron chi connectivity index (χ1n) is 4.74. The predicted molar refractivity (Wildman–Crippen MR) is 59.3 cm³/mol. The number of nitro benzene ring substituents is 1. The third-order valence-corrected chi connectivity index (χ3v) is 2.14. The van der Waals surface area contributed by atoms with Gasteiger partial charge in [0.2, 0.25) is 0 Å². The van der Waals surface area contributed by atoms with E-state index in [9.17, 15) is 14.9 Å². The molecule has 1 aromatic rings. The molecule has 0 aliphatic rings. The lowest BCUT2D eigenvalue weighted by Crippen LogP contribution is -2.18. The molecule has 16 heavy (non-hydrogen) atoms. The summed E-state index contributed by atoms with van der Waals surface area (Å²) in [6.07, 6.45) is 0. The highest BCUT2D eigenvalue weighted by molar-refractivity contribution is 5.94. The second kappa shape index (κ2) is 5.22. The molecule has 6 nitrogen and oxygen atoms in total. The molecule has 1 rings (SSSR count). The number of carbonyl (C=O) groups is 1. The van der Waals surface area contributed by atoms with Gasteiger partial charge in [-0.05, 0) is 13.1 Å². The van der Waals surface area contributed by atoms with Gasteiger partial charge < -0.3 is 10.6 Å². The van der Waals surface area contributed by atoms with Crippen molar-refractivity contribution in [3.05, 3.63) is 39.4 Å². The lowest BCUT2D eigenvalue weighted by molar-refractivity contribution is -0.385. The quantitative estimate of drug-likeness (QED) is 0.580. The van der Waals surface area contributed by atoms with Crippen molar-refractivity contribution in [1.29, 1.82) is 0 Å². The standard InChI is InChI=1S/C10H13N3O3/c1-11-6-8-4-3-7(10(14)12-2)5-9(8)13(15)16/h3-5,11H,6H2,1-2H3,(H,12,14). The van der Waals surface area contributed by atoms with Crippen molar-refractivity contribution >= 4 is 11.6 Å². The van der Waals surface area contributed by atoms with Crippen molar-refractivity contribution in [2.45, 2.75) is 6.54 Å². The van der Waals surface area contributed by atoms with Crippen molar-refractivity contribution in [3.8, 4) is 0 Å². The Morgan fingerprint density at radius 2 is 2.12 bits per heavy atom. The fourth-order valence-corrected chi connectivity index (χ4v) is 1.36. The van der Waals surface area contributed by atoms with E-state index < -0.39 is 4.92 Å². The van der Waals surface area contributed by atoms with Gasteiger partial charge in [-0.1, -0.05) is 6.07 Å². The molecule has 0 aromatic heterocycles. The Morgan fingerprint density at radius 1 is 1.44 bits per heavy atom. The van der Waals surface area contributed by atoms with Gasteiger partial charge in [0.15, 0.2) is 0 Å². The Morgan fingerprint density at radius 3 is 2.62 bits per heavy atom. The topological polar surface area (TPSA) is 84.3 Å². The Balaban J connectivity index is 3.17. The Kier molecular flexibility index (Phi) is 3.96. The molecule has 86 valence electrons. The van der Waals surface area contributed by atoms with E-state index in [1.807, 2.05) is 0 Å². The maximum absolute atomic E-state index is 11.3. The minimum Gasteiger partial charge on any atom is -0.355 e. The number of rotatable bonds is 4. The van der Waals surface area contributed by atoms with Gasteiger partial charge in [-0.2, -0.15) is 0 Å². The third kappa shape index (κ3) is 2.54.